The maximum atomic E-state index is 12.6. The number of primary amides is 1. The number of ether oxygens (including phenoxy) is 1. The monoisotopic (exact) mass is 415 g/mol. The van der Waals surface area contributed by atoms with Gasteiger partial charge in [0.1, 0.15) is 11.8 Å². The summed E-state index contributed by atoms with van der Waals surface area (Å²) in [7, 11) is 0. The van der Waals surface area contributed by atoms with Gasteiger partial charge >= 0.3 is 5.97 Å². The maximum absolute atomic E-state index is 12.6. The van der Waals surface area contributed by atoms with Crippen molar-refractivity contribution in [1.82, 2.24) is 9.78 Å². The summed E-state index contributed by atoms with van der Waals surface area (Å²) in [6.45, 7) is 1.80. The van der Waals surface area contributed by atoms with Gasteiger partial charge in [0.2, 0.25) is 5.91 Å². The molecule has 2 aromatic carbocycles. The van der Waals surface area contributed by atoms with Crippen LogP contribution in [-0.2, 0) is 16.1 Å². The number of aryl methyl sites for hydroxylation is 1. The van der Waals surface area contributed by atoms with Crippen molar-refractivity contribution < 1.29 is 14.3 Å². The van der Waals surface area contributed by atoms with Gasteiger partial charge in [0.05, 0.1) is 22.7 Å². The fourth-order valence-electron chi connectivity index (χ4n) is 2.56. The number of para-hydroxylation sites is 1. The van der Waals surface area contributed by atoms with Gasteiger partial charge in [-0.1, -0.05) is 41.9 Å². The minimum absolute atomic E-state index is 0.00878. The lowest BCUT2D eigenvalue weighted by Crippen LogP contribution is -2.14. The number of hydrogen-bond acceptors (Lipinski definition) is 5. The molecule has 28 heavy (non-hydrogen) atoms. The Morgan fingerprint density at radius 1 is 1.14 bits per heavy atom. The molecule has 0 spiro atoms. The molecule has 0 saturated carbocycles. The molecule has 6 nitrogen and oxygen atoms in total. The van der Waals surface area contributed by atoms with Crippen LogP contribution in [0.1, 0.15) is 21.6 Å². The number of nitrogens with zero attached hydrogens (tertiary/aromatic N) is 2. The van der Waals surface area contributed by atoms with Crippen molar-refractivity contribution in [2.75, 3.05) is 5.75 Å². The Balaban J connectivity index is 1.76. The van der Waals surface area contributed by atoms with Crippen molar-refractivity contribution in [3.63, 3.8) is 0 Å². The summed E-state index contributed by atoms with van der Waals surface area (Å²) in [5.74, 6) is -0.876. The number of halogens is 1. The molecule has 0 aliphatic rings. The van der Waals surface area contributed by atoms with Crippen molar-refractivity contribution in [3.05, 3.63) is 76.6 Å². The van der Waals surface area contributed by atoms with Gasteiger partial charge in [0.15, 0.2) is 0 Å². The predicted octanol–water partition coefficient (Wildman–Crippen LogP) is 3.77. The summed E-state index contributed by atoms with van der Waals surface area (Å²) in [6, 6.07) is 16.4. The second kappa shape index (κ2) is 8.95. The average molecular weight is 416 g/mol. The van der Waals surface area contributed by atoms with Crippen LogP contribution in [0.25, 0.3) is 5.69 Å². The molecule has 1 aromatic heterocycles. The zero-order chi connectivity index (χ0) is 20.1. The Morgan fingerprint density at radius 2 is 1.82 bits per heavy atom. The summed E-state index contributed by atoms with van der Waals surface area (Å²) in [4.78, 5) is 24.2. The van der Waals surface area contributed by atoms with E-state index in [1.165, 1.54) is 11.8 Å². The Labute approximate surface area is 171 Å². The third-order valence-electron chi connectivity index (χ3n) is 3.95. The van der Waals surface area contributed by atoms with Crippen molar-refractivity contribution >= 4 is 35.2 Å². The zero-order valence-corrected chi connectivity index (χ0v) is 16.7. The summed E-state index contributed by atoms with van der Waals surface area (Å²) in [5.41, 5.74) is 7.70. The highest BCUT2D eigenvalue weighted by molar-refractivity contribution is 8.00. The highest BCUT2D eigenvalue weighted by Gasteiger charge is 2.18. The van der Waals surface area contributed by atoms with Crippen LogP contribution in [0, 0.1) is 6.92 Å². The van der Waals surface area contributed by atoms with Crippen LogP contribution in [-0.4, -0.2) is 27.4 Å². The molecule has 0 saturated heterocycles. The van der Waals surface area contributed by atoms with Crippen LogP contribution >= 0.6 is 23.4 Å². The summed E-state index contributed by atoms with van der Waals surface area (Å²) >= 11 is 7.66. The minimum Gasteiger partial charge on any atom is -0.457 e. The predicted molar refractivity (Wildman–Crippen MR) is 109 cm³/mol. The largest absolute Gasteiger partial charge is 0.457 e. The van der Waals surface area contributed by atoms with Crippen LogP contribution in [0.5, 0.6) is 0 Å². The minimum atomic E-state index is -0.504. The van der Waals surface area contributed by atoms with E-state index in [9.17, 15) is 9.59 Å². The van der Waals surface area contributed by atoms with Gasteiger partial charge in [0, 0.05) is 10.5 Å². The highest BCUT2D eigenvalue weighted by atomic mass is 35.5. The number of rotatable bonds is 7. The first-order chi connectivity index (χ1) is 13.5. The van der Waals surface area contributed by atoms with Gasteiger partial charge in [-0.3, -0.25) is 4.79 Å². The van der Waals surface area contributed by atoms with Crippen molar-refractivity contribution in [3.8, 4) is 5.69 Å². The fourth-order valence-corrected chi connectivity index (χ4v) is 3.67. The van der Waals surface area contributed by atoms with Gasteiger partial charge in [-0.2, -0.15) is 5.10 Å². The molecule has 0 aliphatic heterocycles. The van der Waals surface area contributed by atoms with Gasteiger partial charge in [0.25, 0.3) is 0 Å². The molecule has 0 radical (unpaired) electrons. The van der Waals surface area contributed by atoms with E-state index in [0.717, 1.165) is 5.69 Å². The first-order valence-electron chi connectivity index (χ1n) is 8.44. The maximum Gasteiger partial charge on any atom is 0.339 e. The van der Waals surface area contributed by atoms with E-state index in [0.29, 0.717) is 26.9 Å². The number of carbonyl (C=O) groups excluding carboxylic acids is 2. The first-order valence-corrected chi connectivity index (χ1v) is 9.80. The highest BCUT2D eigenvalue weighted by Crippen LogP contribution is 2.26. The van der Waals surface area contributed by atoms with Crippen molar-refractivity contribution in [1.29, 1.82) is 0 Å². The van der Waals surface area contributed by atoms with E-state index in [-0.39, 0.29) is 12.4 Å². The van der Waals surface area contributed by atoms with Crippen LogP contribution in [0.4, 0.5) is 0 Å². The summed E-state index contributed by atoms with van der Waals surface area (Å²) in [5, 5.41) is 4.83. The Morgan fingerprint density at radius 3 is 2.54 bits per heavy atom. The average Bonchev–Trinajstić information content (AvgIpc) is 2.99. The van der Waals surface area contributed by atoms with Crippen LogP contribution in [0.2, 0.25) is 5.15 Å². The van der Waals surface area contributed by atoms with E-state index in [1.807, 2.05) is 37.3 Å². The van der Waals surface area contributed by atoms with Gasteiger partial charge in [-0.25, -0.2) is 9.48 Å². The standard InChI is InChI=1S/C20H18ClN3O3S/c1-13-16(19(21)24(23-13)14-7-3-2-4-8-14)11-27-20(26)15-9-5-6-10-17(15)28-12-18(22)25/h2-10H,11-12H2,1H3,(H2,22,25). The third kappa shape index (κ3) is 4.55. The molecule has 2 N–H and O–H groups in total. The molecule has 1 heterocycles. The second-order valence-electron chi connectivity index (χ2n) is 5.93. The van der Waals surface area contributed by atoms with Crippen LogP contribution < -0.4 is 5.73 Å². The third-order valence-corrected chi connectivity index (χ3v) is 5.43. The van der Waals surface area contributed by atoms with E-state index < -0.39 is 11.9 Å². The molecule has 0 unspecified atom stereocenters. The number of benzene rings is 2. The fraction of sp³-hybridized carbons (Fsp3) is 0.150. The quantitative estimate of drug-likeness (QED) is 0.468. The van der Waals surface area contributed by atoms with Gasteiger partial charge < -0.3 is 10.5 Å². The Bertz CT molecular complexity index is 1010. The number of amides is 1. The van der Waals surface area contributed by atoms with E-state index in [2.05, 4.69) is 5.10 Å². The van der Waals surface area contributed by atoms with Gasteiger partial charge in [-0.05, 0) is 31.2 Å². The molecule has 144 valence electrons. The summed E-state index contributed by atoms with van der Waals surface area (Å²) < 4.78 is 7.07. The number of nitrogens with two attached hydrogens (primary N) is 1. The SMILES string of the molecule is Cc1nn(-c2ccccc2)c(Cl)c1COC(=O)c1ccccc1SCC(N)=O. The summed E-state index contributed by atoms with van der Waals surface area (Å²) in [6.07, 6.45) is 0. The van der Waals surface area contributed by atoms with E-state index in [1.54, 1.807) is 28.9 Å². The number of esters is 1. The number of carbonyl (C=O) groups is 2. The number of hydrogen-bond donors (Lipinski definition) is 1. The molecule has 0 fully saturated rings. The lowest BCUT2D eigenvalue weighted by atomic mass is 10.2. The Hall–Kier alpha value is -2.77. The van der Waals surface area contributed by atoms with Crippen LogP contribution in [0.3, 0.4) is 0 Å². The van der Waals surface area contributed by atoms with E-state index in [4.69, 9.17) is 22.1 Å². The Kier molecular flexibility index (Phi) is 6.38. The zero-order valence-electron chi connectivity index (χ0n) is 15.1. The molecule has 0 atom stereocenters. The topological polar surface area (TPSA) is 87.2 Å². The second-order valence-corrected chi connectivity index (χ2v) is 7.30. The van der Waals surface area contributed by atoms with E-state index >= 15 is 0 Å². The normalized spacial score (nSPS) is 10.6. The molecule has 0 bridgehead atoms. The molecule has 8 heteroatoms. The molecule has 1 amide bonds. The van der Waals surface area contributed by atoms with Crippen molar-refractivity contribution in [2.45, 2.75) is 18.4 Å². The van der Waals surface area contributed by atoms with Crippen molar-refractivity contribution in [2.24, 2.45) is 5.73 Å². The smallest absolute Gasteiger partial charge is 0.339 e. The lowest BCUT2D eigenvalue weighted by Gasteiger charge is -2.09. The number of aromatic nitrogens is 2. The van der Waals surface area contributed by atoms with Gasteiger partial charge in [-0.15, -0.1) is 11.8 Å². The molecular formula is C20H18ClN3O3S. The molecule has 3 aromatic rings. The van der Waals surface area contributed by atoms with Crippen LogP contribution in [0.15, 0.2) is 59.5 Å². The lowest BCUT2D eigenvalue weighted by molar-refractivity contribution is -0.115. The number of thioether (sulfide) groups is 1. The first kappa shape index (κ1) is 20.0. The molecule has 3 rings (SSSR count). The molecule has 0 aliphatic carbocycles. The molecular weight excluding hydrogens is 398 g/mol.